The summed E-state index contributed by atoms with van der Waals surface area (Å²) in [5.74, 6) is 0.354. The van der Waals surface area contributed by atoms with Crippen molar-refractivity contribution < 1.29 is 9.59 Å². The van der Waals surface area contributed by atoms with E-state index in [1.165, 1.54) is 0 Å². The summed E-state index contributed by atoms with van der Waals surface area (Å²) < 4.78 is 2.13. The van der Waals surface area contributed by atoms with Gasteiger partial charge in [-0.1, -0.05) is 51.1 Å². The van der Waals surface area contributed by atoms with Crippen molar-refractivity contribution >= 4 is 11.8 Å². The molecule has 0 unspecified atom stereocenters. The summed E-state index contributed by atoms with van der Waals surface area (Å²) in [6.45, 7) is 7.99. The minimum atomic E-state index is -0.642. The third-order valence-electron chi connectivity index (χ3n) is 5.03. The maximum Gasteiger partial charge on any atom is 0.272 e. The predicted octanol–water partition coefficient (Wildman–Crippen LogP) is 1.47. The Bertz CT molecular complexity index is 852. The quantitative estimate of drug-likeness (QED) is 0.730. The zero-order valence-electron chi connectivity index (χ0n) is 17.0. The molecular formula is C21H29N5O2. The fourth-order valence-corrected chi connectivity index (χ4v) is 3.49. The lowest BCUT2D eigenvalue weighted by molar-refractivity contribution is -0.124. The molecule has 1 aliphatic heterocycles. The number of hydrogen-bond donors (Lipinski definition) is 3. The van der Waals surface area contributed by atoms with Crippen molar-refractivity contribution in [3.63, 3.8) is 0 Å². The summed E-state index contributed by atoms with van der Waals surface area (Å²) in [7, 11) is 1.58. The average molecular weight is 383 g/mol. The first kappa shape index (κ1) is 20.1. The summed E-state index contributed by atoms with van der Waals surface area (Å²) in [4.78, 5) is 30.0. The van der Waals surface area contributed by atoms with Crippen LogP contribution in [0.3, 0.4) is 0 Å². The normalized spacial score (nSPS) is 14.9. The first-order valence-corrected chi connectivity index (χ1v) is 9.66. The van der Waals surface area contributed by atoms with E-state index in [0.717, 1.165) is 30.2 Å². The number of aromatic nitrogens is 2. The van der Waals surface area contributed by atoms with Crippen LogP contribution in [-0.2, 0) is 24.3 Å². The van der Waals surface area contributed by atoms with Gasteiger partial charge in [0.25, 0.3) is 5.91 Å². The minimum Gasteiger partial charge on any atom is -0.357 e. The highest BCUT2D eigenvalue weighted by atomic mass is 16.2. The Kier molecular flexibility index (Phi) is 5.84. The molecule has 0 radical (unpaired) electrons. The molecule has 0 saturated carbocycles. The first-order valence-electron chi connectivity index (χ1n) is 9.66. The Morgan fingerprint density at radius 2 is 1.96 bits per heavy atom. The zero-order valence-corrected chi connectivity index (χ0v) is 17.0. The average Bonchev–Trinajstić information content (AvgIpc) is 3.04. The third kappa shape index (κ3) is 4.25. The Morgan fingerprint density at radius 1 is 1.25 bits per heavy atom. The van der Waals surface area contributed by atoms with Gasteiger partial charge in [0.1, 0.15) is 11.9 Å². The standard InChI is InChI=1S/C21H29N5O2/c1-21(2,3)18(20(28)22-4)25-19(27)17-15-13-23-10-11-26(15)16(24-17)12-14-8-6-5-7-9-14/h5-9,18,23H,10-13H2,1-4H3,(H,22,28)(H,25,27)/t18-/m1/s1. The number of fused-ring (bicyclic) bond motifs is 1. The molecule has 1 atom stereocenters. The number of nitrogens with zero attached hydrogens (tertiary/aromatic N) is 2. The molecule has 7 nitrogen and oxygen atoms in total. The highest BCUT2D eigenvalue weighted by Crippen LogP contribution is 2.22. The second kappa shape index (κ2) is 8.14. The lowest BCUT2D eigenvalue weighted by atomic mass is 9.86. The second-order valence-electron chi connectivity index (χ2n) is 8.20. The highest BCUT2D eigenvalue weighted by Gasteiger charge is 2.34. The number of carbonyl (C=O) groups excluding carboxylic acids is 2. The first-order chi connectivity index (χ1) is 13.3. The van der Waals surface area contributed by atoms with Gasteiger partial charge in [-0.2, -0.15) is 0 Å². The van der Waals surface area contributed by atoms with Crippen molar-refractivity contribution in [1.82, 2.24) is 25.5 Å². The Balaban J connectivity index is 1.90. The van der Waals surface area contributed by atoms with Crippen molar-refractivity contribution in [2.45, 2.75) is 46.3 Å². The number of imidazole rings is 1. The van der Waals surface area contributed by atoms with Crippen LogP contribution in [0, 0.1) is 5.41 Å². The summed E-state index contributed by atoms with van der Waals surface area (Å²) in [6, 6.07) is 9.46. The molecular weight excluding hydrogens is 354 g/mol. The summed E-state index contributed by atoms with van der Waals surface area (Å²) in [6.07, 6.45) is 0.666. The molecule has 0 saturated heterocycles. The van der Waals surface area contributed by atoms with Crippen molar-refractivity contribution in [1.29, 1.82) is 0 Å². The largest absolute Gasteiger partial charge is 0.357 e. The maximum atomic E-state index is 13.1. The van der Waals surface area contributed by atoms with E-state index in [2.05, 4.69) is 37.6 Å². The summed E-state index contributed by atoms with van der Waals surface area (Å²) >= 11 is 0. The number of nitrogens with one attached hydrogen (secondary N) is 3. The van der Waals surface area contributed by atoms with Crippen LogP contribution >= 0.6 is 0 Å². The van der Waals surface area contributed by atoms with Crippen LogP contribution in [0.15, 0.2) is 30.3 Å². The number of likely N-dealkylation sites (N-methyl/N-ethyl adjacent to an activating group) is 1. The van der Waals surface area contributed by atoms with Crippen molar-refractivity contribution in [2.75, 3.05) is 13.6 Å². The Labute approximate surface area is 165 Å². The molecule has 28 heavy (non-hydrogen) atoms. The van der Waals surface area contributed by atoms with E-state index in [9.17, 15) is 9.59 Å². The molecule has 2 amide bonds. The number of amides is 2. The topological polar surface area (TPSA) is 88.1 Å². The van der Waals surface area contributed by atoms with Gasteiger partial charge in [0.15, 0.2) is 5.69 Å². The summed E-state index contributed by atoms with van der Waals surface area (Å²) in [5.41, 5.74) is 2.01. The smallest absolute Gasteiger partial charge is 0.272 e. The second-order valence-corrected chi connectivity index (χ2v) is 8.20. The van der Waals surface area contributed by atoms with Gasteiger partial charge in [-0.05, 0) is 11.0 Å². The van der Waals surface area contributed by atoms with Crippen LogP contribution in [0.1, 0.15) is 48.3 Å². The number of carbonyl (C=O) groups is 2. The van der Waals surface area contributed by atoms with E-state index in [1.54, 1.807) is 7.05 Å². The molecule has 1 aromatic carbocycles. The molecule has 0 aliphatic carbocycles. The fraction of sp³-hybridized carbons (Fsp3) is 0.476. The van der Waals surface area contributed by atoms with Gasteiger partial charge in [0.2, 0.25) is 5.91 Å². The number of rotatable bonds is 5. The highest BCUT2D eigenvalue weighted by molar-refractivity contribution is 5.97. The van der Waals surface area contributed by atoms with E-state index in [-0.39, 0.29) is 11.8 Å². The van der Waals surface area contributed by atoms with Crippen LogP contribution in [0.4, 0.5) is 0 Å². The minimum absolute atomic E-state index is 0.212. The van der Waals surface area contributed by atoms with Crippen LogP contribution in [0.5, 0.6) is 0 Å². The fourth-order valence-electron chi connectivity index (χ4n) is 3.49. The molecule has 1 aliphatic rings. The third-order valence-corrected chi connectivity index (χ3v) is 5.03. The molecule has 0 fully saturated rings. The molecule has 3 N–H and O–H groups in total. The van der Waals surface area contributed by atoms with Gasteiger partial charge in [0, 0.05) is 33.1 Å². The van der Waals surface area contributed by atoms with E-state index in [1.807, 2.05) is 39.0 Å². The van der Waals surface area contributed by atoms with Gasteiger partial charge in [-0.15, -0.1) is 0 Å². The Hall–Kier alpha value is -2.67. The van der Waals surface area contributed by atoms with Crippen LogP contribution < -0.4 is 16.0 Å². The monoisotopic (exact) mass is 383 g/mol. The van der Waals surface area contributed by atoms with E-state index in [4.69, 9.17) is 0 Å². The van der Waals surface area contributed by atoms with Crippen LogP contribution in [-0.4, -0.2) is 41.0 Å². The van der Waals surface area contributed by atoms with E-state index < -0.39 is 11.5 Å². The van der Waals surface area contributed by atoms with Crippen molar-refractivity contribution in [2.24, 2.45) is 5.41 Å². The molecule has 150 valence electrons. The number of hydrogen-bond acceptors (Lipinski definition) is 4. The van der Waals surface area contributed by atoms with Crippen molar-refractivity contribution in [3.8, 4) is 0 Å². The van der Waals surface area contributed by atoms with E-state index in [0.29, 0.717) is 18.7 Å². The maximum absolute atomic E-state index is 13.1. The predicted molar refractivity (Wildman–Crippen MR) is 108 cm³/mol. The lowest BCUT2D eigenvalue weighted by Gasteiger charge is -2.29. The van der Waals surface area contributed by atoms with Gasteiger partial charge in [0.05, 0.1) is 5.69 Å². The Morgan fingerprint density at radius 3 is 2.61 bits per heavy atom. The summed E-state index contributed by atoms with van der Waals surface area (Å²) in [5, 5.41) is 8.84. The van der Waals surface area contributed by atoms with E-state index >= 15 is 0 Å². The van der Waals surface area contributed by atoms with Crippen LogP contribution in [0.2, 0.25) is 0 Å². The lowest BCUT2D eigenvalue weighted by Crippen LogP contribution is -2.53. The van der Waals surface area contributed by atoms with Crippen LogP contribution in [0.25, 0.3) is 0 Å². The molecule has 2 heterocycles. The zero-order chi connectivity index (χ0) is 20.3. The molecule has 7 heteroatoms. The van der Waals surface area contributed by atoms with Gasteiger partial charge in [-0.3, -0.25) is 9.59 Å². The molecule has 1 aromatic heterocycles. The van der Waals surface area contributed by atoms with Gasteiger partial charge < -0.3 is 20.5 Å². The van der Waals surface area contributed by atoms with Gasteiger partial charge >= 0.3 is 0 Å². The SMILES string of the molecule is CNC(=O)[C@@H](NC(=O)c1nc(Cc2ccccc2)n2c1CNCC2)C(C)(C)C. The molecule has 0 bridgehead atoms. The molecule has 2 aromatic rings. The molecule has 0 spiro atoms. The van der Waals surface area contributed by atoms with Crippen molar-refractivity contribution in [3.05, 3.63) is 53.1 Å². The molecule has 3 rings (SSSR count). The number of benzene rings is 1. The van der Waals surface area contributed by atoms with Gasteiger partial charge in [-0.25, -0.2) is 4.98 Å².